The SMILES string of the molecule is CC(C)(C)NCCCCCC(=O)NC1CCC(CCN2CCN(c3cccc(Cl)c3Cl)CC2)CC1. The Kier molecular flexibility index (Phi) is 11.5. The summed E-state index contributed by atoms with van der Waals surface area (Å²) in [5.74, 6) is 1.04. The highest BCUT2D eigenvalue weighted by atomic mass is 35.5. The number of unbranched alkanes of at least 4 members (excludes halogenated alkanes) is 2. The van der Waals surface area contributed by atoms with E-state index in [0.29, 0.717) is 22.5 Å². The Hall–Kier alpha value is -1.01. The molecule has 0 spiro atoms. The number of carbonyl (C=O) groups excluding carboxylic acids is 1. The number of amides is 1. The molecule has 7 heteroatoms. The first-order valence-electron chi connectivity index (χ1n) is 13.7. The van der Waals surface area contributed by atoms with E-state index in [1.807, 2.05) is 12.1 Å². The fraction of sp³-hybridized carbons (Fsp3) is 0.750. The minimum atomic E-state index is 0.178. The van der Waals surface area contributed by atoms with Gasteiger partial charge in [-0.05, 0) is 96.9 Å². The Bertz CT molecular complexity index is 782. The zero-order valence-corrected chi connectivity index (χ0v) is 23.6. The van der Waals surface area contributed by atoms with Crippen LogP contribution in [0.15, 0.2) is 18.2 Å². The van der Waals surface area contributed by atoms with Gasteiger partial charge in [-0.2, -0.15) is 0 Å². The molecule has 1 aromatic carbocycles. The van der Waals surface area contributed by atoms with Crippen LogP contribution in [0.1, 0.15) is 78.6 Å². The number of nitrogens with zero attached hydrogens (tertiary/aromatic N) is 2. The van der Waals surface area contributed by atoms with Crippen molar-refractivity contribution < 1.29 is 4.79 Å². The number of rotatable bonds is 11. The van der Waals surface area contributed by atoms with Crippen LogP contribution in [0.4, 0.5) is 5.69 Å². The quantitative estimate of drug-likeness (QED) is 0.342. The third-order valence-corrected chi connectivity index (χ3v) is 8.25. The first kappa shape index (κ1) is 28.6. The van der Waals surface area contributed by atoms with E-state index in [1.54, 1.807) is 0 Å². The van der Waals surface area contributed by atoms with E-state index < -0.39 is 0 Å². The van der Waals surface area contributed by atoms with Gasteiger partial charge in [0.15, 0.2) is 0 Å². The van der Waals surface area contributed by atoms with Crippen LogP contribution in [0.25, 0.3) is 0 Å². The molecular weight excluding hydrogens is 479 g/mol. The molecule has 3 rings (SSSR count). The molecule has 0 unspecified atom stereocenters. The fourth-order valence-electron chi connectivity index (χ4n) is 5.26. The van der Waals surface area contributed by atoms with Crippen molar-refractivity contribution in [1.82, 2.24) is 15.5 Å². The number of hydrogen-bond acceptors (Lipinski definition) is 4. The van der Waals surface area contributed by atoms with Crippen molar-refractivity contribution in [3.63, 3.8) is 0 Å². The van der Waals surface area contributed by atoms with E-state index >= 15 is 0 Å². The second kappa shape index (κ2) is 14.1. The summed E-state index contributed by atoms with van der Waals surface area (Å²) in [6, 6.07) is 6.26. The second-order valence-corrected chi connectivity index (χ2v) is 12.2. The molecule has 1 saturated carbocycles. The summed E-state index contributed by atoms with van der Waals surface area (Å²) in [7, 11) is 0. The van der Waals surface area contributed by atoms with Gasteiger partial charge < -0.3 is 15.5 Å². The molecule has 2 N–H and O–H groups in total. The van der Waals surface area contributed by atoms with Crippen LogP contribution in [0.5, 0.6) is 0 Å². The summed E-state index contributed by atoms with van der Waals surface area (Å²) in [4.78, 5) is 17.3. The van der Waals surface area contributed by atoms with E-state index in [-0.39, 0.29) is 11.4 Å². The van der Waals surface area contributed by atoms with E-state index in [9.17, 15) is 4.79 Å². The van der Waals surface area contributed by atoms with Gasteiger partial charge in [-0.1, -0.05) is 35.7 Å². The van der Waals surface area contributed by atoms with Gasteiger partial charge in [0.25, 0.3) is 0 Å². The molecule has 1 heterocycles. The van der Waals surface area contributed by atoms with Crippen LogP contribution in [0.3, 0.4) is 0 Å². The van der Waals surface area contributed by atoms with Gasteiger partial charge in [0.1, 0.15) is 0 Å². The molecule has 2 aliphatic rings. The predicted octanol–water partition coefficient (Wildman–Crippen LogP) is 6.13. The molecule has 2 fully saturated rings. The Balaban J connectivity index is 1.23. The molecule has 1 aliphatic heterocycles. The molecule has 1 aromatic rings. The molecule has 198 valence electrons. The van der Waals surface area contributed by atoms with Crippen molar-refractivity contribution in [2.24, 2.45) is 5.92 Å². The van der Waals surface area contributed by atoms with Crippen molar-refractivity contribution in [2.45, 2.75) is 90.1 Å². The molecule has 35 heavy (non-hydrogen) atoms. The normalized spacial score (nSPS) is 21.8. The smallest absolute Gasteiger partial charge is 0.220 e. The maximum absolute atomic E-state index is 12.3. The minimum Gasteiger partial charge on any atom is -0.368 e. The number of carbonyl (C=O) groups is 1. The monoisotopic (exact) mass is 524 g/mol. The maximum Gasteiger partial charge on any atom is 0.220 e. The third-order valence-electron chi connectivity index (χ3n) is 7.45. The summed E-state index contributed by atoms with van der Waals surface area (Å²) in [6.45, 7) is 12.9. The van der Waals surface area contributed by atoms with E-state index in [1.165, 1.54) is 25.8 Å². The standard InChI is InChI=1S/C28H46Cl2N4O/c1-28(2,3)31-16-6-4-5-10-26(35)32-23-13-11-22(12-14-23)15-17-33-18-20-34(21-19-33)25-9-7-8-24(29)27(25)30/h7-9,22-23,31H,4-6,10-21H2,1-3H3,(H,32,35). The largest absolute Gasteiger partial charge is 0.368 e. The minimum absolute atomic E-state index is 0.178. The number of nitrogens with one attached hydrogen (secondary N) is 2. The predicted molar refractivity (Wildman–Crippen MR) is 150 cm³/mol. The lowest BCUT2D eigenvalue weighted by Gasteiger charge is -2.37. The van der Waals surface area contributed by atoms with Crippen molar-refractivity contribution in [1.29, 1.82) is 0 Å². The molecule has 0 radical (unpaired) electrons. The first-order chi connectivity index (χ1) is 16.7. The van der Waals surface area contributed by atoms with Crippen LogP contribution in [-0.2, 0) is 4.79 Å². The van der Waals surface area contributed by atoms with Gasteiger partial charge in [-0.15, -0.1) is 0 Å². The highest BCUT2D eigenvalue weighted by Crippen LogP contribution is 2.33. The average molecular weight is 526 g/mol. The summed E-state index contributed by atoms with van der Waals surface area (Å²) in [5, 5.41) is 8.10. The molecule has 0 atom stereocenters. The second-order valence-electron chi connectivity index (χ2n) is 11.5. The van der Waals surface area contributed by atoms with E-state index in [0.717, 1.165) is 76.4 Å². The zero-order chi connectivity index (χ0) is 25.3. The van der Waals surface area contributed by atoms with E-state index in [4.69, 9.17) is 23.2 Å². The van der Waals surface area contributed by atoms with Crippen LogP contribution < -0.4 is 15.5 Å². The highest BCUT2D eigenvalue weighted by molar-refractivity contribution is 6.43. The number of hydrogen-bond donors (Lipinski definition) is 2. The molecule has 1 aliphatic carbocycles. The van der Waals surface area contributed by atoms with Gasteiger partial charge in [-0.25, -0.2) is 0 Å². The summed E-state index contributed by atoms with van der Waals surface area (Å²) < 4.78 is 0. The number of anilines is 1. The summed E-state index contributed by atoms with van der Waals surface area (Å²) in [6.07, 6.45) is 9.92. The lowest BCUT2D eigenvalue weighted by Crippen LogP contribution is -2.47. The van der Waals surface area contributed by atoms with Crippen molar-refractivity contribution in [3.05, 3.63) is 28.2 Å². The van der Waals surface area contributed by atoms with Gasteiger partial charge in [0, 0.05) is 44.2 Å². The Morgan fingerprint density at radius 3 is 2.40 bits per heavy atom. The zero-order valence-electron chi connectivity index (χ0n) is 22.1. The fourth-order valence-corrected chi connectivity index (χ4v) is 5.68. The van der Waals surface area contributed by atoms with Crippen LogP contribution in [0.2, 0.25) is 10.0 Å². The molecule has 1 saturated heterocycles. The lowest BCUT2D eigenvalue weighted by atomic mass is 9.84. The lowest BCUT2D eigenvalue weighted by molar-refractivity contribution is -0.122. The highest BCUT2D eigenvalue weighted by Gasteiger charge is 2.24. The summed E-state index contributed by atoms with van der Waals surface area (Å²) in [5.41, 5.74) is 1.23. The maximum atomic E-state index is 12.3. The summed E-state index contributed by atoms with van der Waals surface area (Å²) >= 11 is 12.6. The number of benzene rings is 1. The Morgan fingerprint density at radius 2 is 1.71 bits per heavy atom. The average Bonchev–Trinajstić information content (AvgIpc) is 2.82. The van der Waals surface area contributed by atoms with Crippen molar-refractivity contribution in [3.8, 4) is 0 Å². The van der Waals surface area contributed by atoms with Gasteiger partial charge in [0.05, 0.1) is 15.7 Å². The van der Waals surface area contributed by atoms with E-state index in [2.05, 4.69) is 47.3 Å². The van der Waals surface area contributed by atoms with Crippen LogP contribution >= 0.6 is 23.2 Å². The molecule has 0 aromatic heterocycles. The van der Waals surface area contributed by atoms with Gasteiger partial charge in [0.2, 0.25) is 5.91 Å². The van der Waals surface area contributed by atoms with Crippen molar-refractivity contribution >= 4 is 34.8 Å². The van der Waals surface area contributed by atoms with Gasteiger partial charge in [-0.3, -0.25) is 9.69 Å². The Labute approximate surface area is 223 Å². The van der Waals surface area contributed by atoms with Gasteiger partial charge >= 0.3 is 0 Å². The molecule has 0 bridgehead atoms. The number of piperazine rings is 1. The topological polar surface area (TPSA) is 47.6 Å². The first-order valence-corrected chi connectivity index (χ1v) is 14.4. The van der Waals surface area contributed by atoms with Crippen molar-refractivity contribution in [2.75, 3.05) is 44.2 Å². The van der Waals surface area contributed by atoms with Crippen LogP contribution in [-0.4, -0.2) is 61.7 Å². The molecule has 5 nitrogen and oxygen atoms in total. The molecular formula is C28H46Cl2N4O. The van der Waals surface area contributed by atoms with Crippen LogP contribution in [0, 0.1) is 5.92 Å². The number of halogens is 2. The third kappa shape index (κ3) is 10.1. The Morgan fingerprint density at radius 1 is 1.00 bits per heavy atom. The molecule has 1 amide bonds.